The van der Waals surface area contributed by atoms with Gasteiger partial charge in [-0.2, -0.15) is 4.31 Å². The molecule has 2 aromatic rings. The fourth-order valence-electron chi connectivity index (χ4n) is 3.35. The molecular weight excluding hydrogens is 411 g/mol. The second-order valence-corrected chi connectivity index (χ2v) is 8.90. The van der Waals surface area contributed by atoms with Crippen LogP contribution in [0, 0.1) is 5.82 Å². The van der Waals surface area contributed by atoms with Crippen LogP contribution in [0.2, 0.25) is 0 Å². The van der Waals surface area contributed by atoms with Crippen molar-refractivity contribution >= 4 is 15.9 Å². The fourth-order valence-corrected chi connectivity index (χ4v) is 4.78. The molecule has 9 heteroatoms. The number of nitrogens with zero attached hydrogens (tertiary/aromatic N) is 2. The molecule has 0 unspecified atom stereocenters. The van der Waals surface area contributed by atoms with Gasteiger partial charge in [0.25, 0.3) is 0 Å². The summed E-state index contributed by atoms with van der Waals surface area (Å²) >= 11 is 0. The van der Waals surface area contributed by atoms with E-state index in [2.05, 4.69) is 0 Å². The van der Waals surface area contributed by atoms with E-state index >= 15 is 0 Å². The second kappa shape index (κ2) is 9.44. The molecule has 1 aliphatic heterocycles. The Balaban J connectivity index is 1.56. The number of rotatable bonds is 7. The van der Waals surface area contributed by atoms with E-state index in [1.807, 2.05) is 12.1 Å². The molecule has 0 bridgehead atoms. The molecule has 1 aliphatic rings. The first-order valence-electron chi connectivity index (χ1n) is 9.59. The summed E-state index contributed by atoms with van der Waals surface area (Å²) in [6, 6.07) is 10.3. The van der Waals surface area contributed by atoms with E-state index in [0.29, 0.717) is 37.4 Å². The monoisotopic (exact) mass is 436 g/mol. The molecule has 30 heavy (non-hydrogen) atoms. The lowest BCUT2D eigenvalue weighted by molar-refractivity contribution is -0.132. The Morgan fingerprint density at radius 1 is 0.967 bits per heavy atom. The van der Waals surface area contributed by atoms with Crippen LogP contribution >= 0.6 is 0 Å². The summed E-state index contributed by atoms with van der Waals surface area (Å²) in [4.78, 5) is 14.3. The van der Waals surface area contributed by atoms with E-state index in [1.165, 1.54) is 16.4 Å². The standard InChI is InChI=1S/C21H25FN2O5S/c1-28-18-13-16(14-19(15-18)29-2)3-8-21(25)23-9-11-24(12-10-23)30(26,27)20-6-4-17(22)5-7-20/h4-7,13-15H,3,8-12H2,1-2H3. The van der Waals surface area contributed by atoms with Crippen molar-refractivity contribution in [3.8, 4) is 11.5 Å². The number of methoxy groups -OCH3 is 2. The van der Waals surface area contributed by atoms with Crippen LogP contribution in [0.1, 0.15) is 12.0 Å². The van der Waals surface area contributed by atoms with Gasteiger partial charge < -0.3 is 14.4 Å². The zero-order valence-electron chi connectivity index (χ0n) is 17.0. The maximum absolute atomic E-state index is 13.1. The van der Waals surface area contributed by atoms with Crippen molar-refractivity contribution in [3.05, 3.63) is 53.8 Å². The van der Waals surface area contributed by atoms with Gasteiger partial charge in [0, 0.05) is 38.7 Å². The van der Waals surface area contributed by atoms with Gasteiger partial charge in [-0.05, 0) is 48.4 Å². The van der Waals surface area contributed by atoms with Gasteiger partial charge in [0.15, 0.2) is 0 Å². The number of aryl methyl sites for hydroxylation is 1. The third-order valence-corrected chi connectivity index (χ3v) is 6.99. The normalized spacial score (nSPS) is 15.1. The first-order chi connectivity index (χ1) is 14.3. The van der Waals surface area contributed by atoms with Crippen molar-refractivity contribution in [3.63, 3.8) is 0 Å². The molecule has 0 aromatic heterocycles. The minimum Gasteiger partial charge on any atom is -0.497 e. The summed E-state index contributed by atoms with van der Waals surface area (Å²) in [6.45, 7) is 1.05. The lowest BCUT2D eigenvalue weighted by Crippen LogP contribution is -2.50. The number of carbonyl (C=O) groups is 1. The van der Waals surface area contributed by atoms with Crippen molar-refractivity contribution < 1.29 is 27.1 Å². The number of ether oxygens (including phenoxy) is 2. The number of benzene rings is 2. The largest absolute Gasteiger partial charge is 0.497 e. The molecule has 0 aliphatic carbocycles. The van der Waals surface area contributed by atoms with Crippen LogP contribution < -0.4 is 9.47 Å². The molecule has 162 valence electrons. The summed E-state index contributed by atoms with van der Waals surface area (Å²) in [7, 11) is -0.552. The van der Waals surface area contributed by atoms with Gasteiger partial charge >= 0.3 is 0 Å². The highest BCUT2D eigenvalue weighted by molar-refractivity contribution is 7.89. The molecule has 1 fully saturated rings. The number of hydrogen-bond donors (Lipinski definition) is 0. The SMILES string of the molecule is COc1cc(CCC(=O)N2CCN(S(=O)(=O)c3ccc(F)cc3)CC2)cc(OC)c1. The molecule has 7 nitrogen and oxygen atoms in total. The van der Waals surface area contributed by atoms with E-state index in [9.17, 15) is 17.6 Å². The van der Waals surface area contributed by atoms with E-state index in [4.69, 9.17) is 9.47 Å². The number of amides is 1. The first kappa shape index (κ1) is 22.0. The van der Waals surface area contributed by atoms with Gasteiger partial charge in [-0.15, -0.1) is 0 Å². The lowest BCUT2D eigenvalue weighted by atomic mass is 10.1. The Labute approximate surface area is 176 Å². The Bertz CT molecular complexity index is 965. The first-order valence-corrected chi connectivity index (χ1v) is 11.0. The van der Waals surface area contributed by atoms with Crippen LogP contribution in [-0.2, 0) is 21.2 Å². The molecule has 0 N–H and O–H groups in total. The molecule has 3 rings (SSSR count). The molecule has 0 radical (unpaired) electrons. The summed E-state index contributed by atoms with van der Waals surface area (Å²) in [6.07, 6.45) is 0.835. The maximum atomic E-state index is 13.1. The van der Waals surface area contributed by atoms with Crippen LogP contribution in [0.15, 0.2) is 47.4 Å². The molecule has 1 heterocycles. The molecule has 2 aromatic carbocycles. The van der Waals surface area contributed by atoms with Gasteiger partial charge in [0.05, 0.1) is 19.1 Å². The Morgan fingerprint density at radius 2 is 1.53 bits per heavy atom. The smallest absolute Gasteiger partial charge is 0.243 e. The fraction of sp³-hybridized carbons (Fsp3) is 0.381. The average molecular weight is 437 g/mol. The van der Waals surface area contributed by atoms with E-state index in [1.54, 1.807) is 25.2 Å². The quantitative estimate of drug-likeness (QED) is 0.666. The van der Waals surface area contributed by atoms with Gasteiger partial charge in [0.2, 0.25) is 15.9 Å². The van der Waals surface area contributed by atoms with E-state index < -0.39 is 15.8 Å². The van der Waals surface area contributed by atoms with E-state index in [-0.39, 0.29) is 23.9 Å². The minimum absolute atomic E-state index is 0.0318. The number of halogens is 1. The Morgan fingerprint density at radius 3 is 2.07 bits per heavy atom. The van der Waals surface area contributed by atoms with E-state index in [0.717, 1.165) is 17.7 Å². The Hall–Kier alpha value is -2.65. The van der Waals surface area contributed by atoms with Crippen molar-refractivity contribution in [2.75, 3.05) is 40.4 Å². The minimum atomic E-state index is -3.70. The molecule has 0 spiro atoms. The van der Waals surface area contributed by atoms with Crippen molar-refractivity contribution in [2.45, 2.75) is 17.7 Å². The predicted octanol–water partition coefficient (Wildman–Crippen LogP) is 2.31. The average Bonchev–Trinajstić information content (AvgIpc) is 2.77. The van der Waals surface area contributed by atoms with Crippen LogP contribution in [0.25, 0.3) is 0 Å². The lowest BCUT2D eigenvalue weighted by Gasteiger charge is -2.34. The predicted molar refractivity (Wildman–Crippen MR) is 110 cm³/mol. The zero-order chi connectivity index (χ0) is 21.7. The number of sulfonamides is 1. The third-order valence-electron chi connectivity index (χ3n) is 5.08. The van der Waals surface area contributed by atoms with Crippen LogP contribution in [-0.4, -0.2) is 63.9 Å². The molecule has 0 saturated carbocycles. The maximum Gasteiger partial charge on any atom is 0.243 e. The number of carbonyl (C=O) groups excluding carboxylic acids is 1. The van der Waals surface area contributed by atoms with Gasteiger partial charge in [-0.3, -0.25) is 4.79 Å². The molecule has 1 saturated heterocycles. The molecule has 1 amide bonds. The molecule has 0 atom stereocenters. The Kier molecular flexibility index (Phi) is 6.94. The second-order valence-electron chi connectivity index (χ2n) is 6.96. The number of piperazine rings is 1. The van der Waals surface area contributed by atoms with Crippen molar-refractivity contribution in [1.82, 2.24) is 9.21 Å². The highest BCUT2D eigenvalue weighted by Crippen LogP contribution is 2.24. The van der Waals surface area contributed by atoms with Gasteiger partial charge in [0.1, 0.15) is 17.3 Å². The summed E-state index contributed by atoms with van der Waals surface area (Å²) in [5.41, 5.74) is 0.928. The highest BCUT2D eigenvalue weighted by Gasteiger charge is 2.30. The zero-order valence-corrected chi connectivity index (χ0v) is 17.8. The topological polar surface area (TPSA) is 76.2 Å². The van der Waals surface area contributed by atoms with Crippen LogP contribution in [0.4, 0.5) is 4.39 Å². The van der Waals surface area contributed by atoms with Crippen molar-refractivity contribution in [1.29, 1.82) is 0 Å². The summed E-state index contributed by atoms with van der Waals surface area (Å²) in [5.74, 6) is 0.807. The van der Waals surface area contributed by atoms with Gasteiger partial charge in [-0.25, -0.2) is 12.8 Å². The number of hydrogen-bond acceptors (Lipinski definition) is 5. The third kappa shape index (κ3) is 5.09. The summed E-state index contributed by atoms with van der Waals surface area (Å²) in [5, 5.41) is 0. The van der Waals surface area contributed by atoms with Crippen LogP contribution in [0.3, 0.4) is 0 Å². The summed E-state index contributed by atoms with van der Waals surface area (Å²) < 4.78 is 50.3. The van der Waals surface area contributed by atoms with Gasteiger partial charge in [-0.1, -0.05) is 0 Å². The highest BCUT2D eigenvalue weighted by atomic mass is 32.2. The van der Waals surface area contributed by atoms with Crippen LogP contribution in [0.5, 0.6) is 11.5 Å². The molecular formula is C21H25FN2O5S. The van der Waals surface area contributed by atoms with Crippen molar-refractivity contribution in [2.24, 2.45) is 0 Å².